The van der Waals surface area contributed by atoms with Gasteiger partial charge in [-0.3, -0.25) is 19.2 Å². The van der Waals surface area contributed by atoms with Crippen LogP contribution < -0.4 is 16.1 Å². The molecule has 2 aromatic rings. The van der Waals surface area contributed by atoms with Crippen LogP contribution in [0.4, 0.5) is 5.82 Å². The van der Waals surface area contributed by atoms with Gasteiger partial charge in [0.15, 0.2) is 0 Å². The summed E-state index contributed by atoms with van der Waals surface area (Å²) in [5, 5.41) is 0. The molecular formula is C19H26N4O2. The van der Waals surface area contributed by atoms with Crippen molar-refractivity contribution in [3.8, 4) is 0 Å². The molecule has 0 aliphatic carbocycles. The first kappa shape index (κ1) is 17.5. The average Bonchev–Trinajstić information content (AvgIpc) is 2.61. The number of H-pyrrole nitrogens is 1. The number of rotatable bonds is 5. The molecule has 0 radical (unpaired) electrons. The van der Waals surface area contributed by atoms with E-state index in [4.69, 9.17) is 0 Å². The van der Waals surface area contributed by atoms with Gasteiger partial charge in [-0.25, -0.2) is 4.79 Å². The van der Waals surface area contributed by atoms with Gasteiger partial charge in [-0.2, -0.15) is 0 Å². The molecule has 0 unspecified atom stereocenters. The van der Waals surface area contributed by atoms with Crippen LogP contribution in [0, 0.1) is 0 Å². The second-order valence-corrected chi connectivity index (χ2v) is 6.84. The molecule has 134 valence electrons. The summed E-state index contributed by atoms with van der Waals surface area (Å²) in [4.78, 5) is 31.0. The molecule has 3 rings (SSSR count). The molecule has 6 nitrogen and oxygen atoms in total. The lowest BCUT2D eigenvalue weighted by molar-refractivity contribution is 0.143. The third kappa shape index (κ3) is 4.20. The number of nitrogens with zero attached hydrogens (tertiary/aromatic N) is 3. The van der Waals surface area contributed by atoms with E-state index in [-0.39, 0.29) is 11.2 Å². The Labute approximate surface area is 147 Å². The van der Waals surface area contributed by atoms with Gasteiger partial charge in [0, 0.05) is 39.3 Å². The molecule has 1 N–H and O–H groups in total. The highest BCUT2D eigenvalue weighted by Crippen LogP contribution is 2.21. The van der Waals surface area contributed by atoms with Crippen molar-refractivity contribution in [3.05, 3.63) is 62.8 Å². The molecule has 1 aromatic carbocycles. The summed E-state index contributed by atoms with van der Waals surface area (Å²) in [5.74, 6) is 0.582. The summed E-state index contributed by atoms with van der Waals surface area (Å²) < 4.78 is 1.08. The van der Waals surface area contributed by atoms with Gasteiger partial charge in [-0.1, -0.05) is 36.8 Å². The lowest BCUT2D eigenvalue weighted by Crippen LogP contribution is -2.46. The largest absolute Gasteiger partial charge is 0.359 e. The number of aromatic nitrogens is 2. The minimum Gasteiger partial charge on any atom is -0.359 e. The maximum atomic E-state index is 11.9. The van der Waals surface area contributed by atoms with Crippen molar-refractivity contribution in [3.63, 3.8) is 0 Å². The summed E-state index contributed by atoms with van der Waals surface area (Å²) in [6.45, 7) is 2.81. The minimum atomic E-state index is -0.376. The van der Waals surface area contributed by atoms with Crippen LogP contribution in [-0.4, -0.2) is 40.6 Å². The van der Waals surface area contributed by atoms with E-state index in [2.05, 4.69) is 34.1 Å². The van der Waals surface area contributed by atoms with E-state index in [1.54, 1.807) is 0 Å². The highest BCUT2D eigenvalue weighted by molar-refractivity contribution is 5.35. The van der Waals surface area contributed by atoms with Crippen LogP contribution in [0.5, 0.6) is 0 Å². The average molecular weight is 342 g/mol. The van der Waals surface area contributed by atoms with Crippen molar-refractivity contribution in [1.82, 2.24) is 14.5 Å². The number of piperidine rings is 1. The third-order valence-corrected chi connectivity index (χ3v) is 5.00. The van der Waals surface area contributed by atoms with Crippen LogP contribution in [0.3, 0.4) is 0 Å². The van der Waals surface area contributed by atoms with E-state index >= 15 is 0 Å². The maximum absolute atomic E-state index is 11.9. The number of benzene rings is 1. The van der Waals surface area contributed by atoms with E-state index in [0.29, 0.717) is 11.9 Å². The van der Waals surface area contributed by atoms with Crippen LogP contribution in [0.25, 0.3) is 0 Å². The fourth-order valence-electron chi connectivity index (χ4n) is 3.46. The second-order valence-electron chi connectivity index (χ2n) is 6.84. The predicted octanol–water partition coefficient (Wildman–Crippen LogP) is 1.56. The van der Waals surface area contributed by atoms with Gasteiger partial charge in [-0.15, -0.1) is 0 Å². The first-order valence-electron chi connectivity index (χ1n) is 8.84. The molecule has 6 heteroatoms. The Kier molecular flexibility index (Phi) is 5.38. The molecule has 1 saturated heterocycles. The normalized spacial score (nSPS) is 18.2. The monoisotopic (exact) mass is 342 g/mol. The smallest absolute Gasteiger partial charge is 0.329 e. The Bertz CT molecular complexity index is 781. The first-order valence-corrected chi connectivity index (χ1v) is 8.84. The Morgan fingerprint density at radius 2 is 1.96 bits per heavy atom. The molecule has 1 fully saturated rings. The molecule has 2 heterocycles. The fraction of sp³-hybridized carbons (Fsp3) is 0.474. The van der Waals surface area contributed by atoms with Crippen molar-refractivity contribution in [2.45, 2.75) is 31.8 Å². The predicted molar refractivity (Wildman–Crippen MR) is 100 cm³/mol. The van der Waals surface area contributed by atoms with Crippen LogP contribution in [0.2, 0.25) is 0 Å². The van der Waals surface area contributed by atoms with Crippen molar-refractivity contribution in [1.29, 1.82) is 0 Å². The van der Waals surface area contributed by atoms with Gasteiger partial charge in [-0.05, 0) is 24.9 Å². The lowest BCUT2D eigenvalue weighted by atomic mass is 10.0. The van der Waals surface area contributed by atoms with E-state index in [0.717, 1.165) is 30.6 Å². The summed E-state index contributed by atoms with van der Waals surface area (Å²) in [5.41, 5.74) is 0.661. The molecule has 1 aliphatic rings. The fourth-order valence-corrected chi connectivity index (χ4v) is 3.46. The number of hydrogen-bond acceptors (Lipinski definition) is 4. The highest BCUT2D eigenvalue weighted by Gasteiger charge is 2.24. The maximum Gasteiger partial charge on any atom is 0.329 e. The number of aromatic amines is 1. The number of anilines is 1. The molecule has 0 bridgehead atoms. The lowest BCUT2D eigenvalue weighted by Gasteiger charge is -2.38. The molecule has 1 atom stereocenters. The van der Waals surface area contributed by atoms with Crippen LogP contribution in [-0.2, 0) is 13.6 Å². The Hall–Kier alpha value is -2.34. The Morgan fingerprint density at radius 3 is 2.68 bits per heavy atom. The van der Waals surface area contributed by atoms with Crippen LogP contribution in [0.1, 0.15) is 24.8 Å². The summed E-state index contributed by atoms with van der Waals surface area (Å²) in [7, 11) is 3.41. The minimum absolute atomic E-state index is 0.282. The van der Waals surface area contributed by atoms with Crippen molar-refractivity contribution < 1.29 is 0 Å². The first-order chi connectivity index (χ1) is 12.0. The van der Waals surface area contributed by atoms with Gasteiger partial charge in [0.25, 0.3) is 5.56 Å². The molecular weight excluding hydrogens is 316 g/mol. The van der Waals surface area contributed by atoms with Gasteiger partial charge in [0.1, 0.15) is 5.82 Å². The van der Waals surface area contributed by atoms with Gasteiger partial charge >= 0.3 is 5.69 Å². The number of hydrogen-bond donors (Lipinski definition) is 1. The van der Waals surface area contributed by atoms with Gasteiger partial charge in [0.05, 0.1) is 0 Å². The van der Waals surface area contributed by atoms with Crippen LogP contribution >= 0.6 is 0 Å². The van der Waals surface area contributed by atoms with E-state index in [1.165, 1.54) is 31.5 Å². The number of likely N-dealkylation sites (N-methyl/N-ethyl adjacent to an activating group) is 1. The number of nitrogens with one attached hydrogen (secondary N) is 1. The third-order valence-electron chi connectivity index (χ3n) is 5.00. The summed E-state index contributed by atoms with van der Waals surface area (Å²) >= 11 is 0. The Morgan fingerprint density at radius 1 is 1.20 bits per heavy atom. The summed E-state index contributed by atoms with van der Waals surface area (Å²) in [6, 6.07) is 12.4. The molecule has 1 aromatic heterocycles. The van der Waals surface area contributed by atoms with E-state index in [9.17, 15) is 9.59 Å². The molecule has 1 aliphatic heterocycles. The van der Waals surface area contributed by atoms with E-state index in [1.807, 2.05) is 18.0 Å². The van der Waals surface area contributed by atoms with Crippen molar-refractivity contribution in [2.75, 3.05) is 25.0 Å². The van der Waals surface area contributed by atoms with Crippen molar-refractivity contribution >= 4 is 5.82 Å². The topological polar surface area (TPSA) is 61.3 Å². The highest BCUT2D eigenvalue weighted by atomic mass is 16.2. The Balaban J connectivity index is 1.73. The SMILES string of the molecule is CN(C[C@H]1CCCCN1Cc1ccccc1)c1cc(=O)n(C)c(=O)[nH]1. The standard InChI is InChI=1S/C19H26N4O2/c1-21(17-12-18(24)22(2)19(25)20-17)14-16-10-6-7-11-23(16)13-15-8-4-3-5-9-15/h3-5,8-9,12,16H,6-7,10-11,13-14H2,1-2H3,(H,20,25)/t16-/m1/s1. The zero-order valence-corrected chi connectivity index (χ0v) is 14.9. The van der Waals surface area contributed by atoms with Gasteiger partial charge < -0.3 is 4.90 Å². The van der Waals surface area contributed by atoms with Crippen LogP contribution in [0.15, 0.2) is 46.0 Å². The quantitative estimate of drug-likeness (QED) is 0.896. The summed E-state index contributed by atoms with van der Waals surface area (Å²) in [6.07, 6.45) is 3.57. The van der Waals surface area contributed by atoms with Crippen molar-refractivity contribution in [2.24, 2.45) is 7.05 Å². The number of likely N-dealkylation sites (tertiary alicyclic amines) is 1. The molecule has 25 heavy (non-hydrogen) atoms. The second kappa shape index (κ2) is 7.70. The zero-order chi connectivity index (χ0) is 17.8. The zero-order valence-electron chi connectivity index (χ0n) is 14.9. The van der Waals surface area contributed by atoms with Gasteiger partial charge in [0.2, 0.25) is 0 Å². The molecule has 0 amide bonds. The molecule has 0 saturated carbocycles. The molecule has 0 spiro atoms. The van der Waals surface area contributed by atoms with E-state index < -0.39 is 0 Å².